The van der Waals surface area contributed by atoms with Gasteiger partial charge in [0.05, 0.1) is 18.7 Å². The van der Waals surface area contributed by atoms with E-state index in [0.717, 1.165) is 16.7 Å². The number of ether oxygens (including phenoxy) is 4. The zero-order chi connectivity index (χ0) is 29.9. The molecule has 42 heavy (non-hydrogen) atoms. The van der Waals surface area contributed by atoms with Gasteiger partial charge >= 0.3 is 0 Å². The minimum absolute atomic E-state index is 0.0830. The van der Waals surface area contributed by atoms with Crippen LogP contribution in [0.1, 0.15) is 29.2 Å². The summed E-state index contributed by atoms with van der Waals surface area (Å²) in [5.41, 5.74) is 3.98. The largest absolute Gasteiger partial charge is 0.493 e. The number of hydrogen-bond acceptors (Lipinski definition) is 6. The molecule has 0 aliphatic rings. The monoisotopic (exact) mass is 582 g/mol. The number of carbonyl (C=O) groups is 1. The molecule has 0 heterocycles. The van der Waals surface area contributed by atoms with Gasteiger partial charge in [0.2, 0.25) is 0 Å². The molecule has 0 atom stereocenters. The quantitative estimate of drug-likeness (QED) is 0.136. The number of nitriles is 1. The lowest BCUT2D eigenvalue weighted by Crippen LogP contribution is -2.13. The summed E-state index contributed by atoms with van der Waals surface area (Å²) in [5.74, 6) is 1.41. The number of methoxy groups -OCH3 is 1. The maximum atomic E-state index is 12.7. The van der Waals surface area contributed by atoms with Gasteiger partial charge in [-0.15, -0.1) is 0 Å². The lowest BCUT2D eigenvalue weighted by atomic mass is 10.1. The third-order valence-corrected chi connectivity index (χ3v) is 6.45. The molecule has 0 bridgehead atoms. The van der Waals surface area contributed by atoms with E-state index in [-0.39, 0.29) is 17.2 Å². The van der Waals surface area contributed by atoms with Crippen LogP contribution in [0.5, 0.6) is 23.0 Å². The molecule has 0 unspecified atom stereocenters. The van der Waals surface area contributed by atoms with Crippen LogP contribution < -0.4 is 24.3 Å². The Hall–Kier alpha value is -4.93. The second kappa shape index (κ2) is 14.6. The summed E-state index contributed by atoms with van der Waals surface area (Å²) in [6.07, 6.45) is 1.45. The van der Waals surface area contributed by atoms with Crippen molar-refractivity contribution in [1.29, 1.82) is 5.26 Å². The van der Waals surface area contributed by atoms with Crippen molar-refractivity contribution in [2.24, 2.45) is 0 Å². The predicted octanol–water partition coefficient (Wildman–Crippen LogP) is 7.76. The molecule has 0 aromatic heterocycles. The maximum absolute atomic E-state index is 12.7. The van der Waals surface area contributed by atoms with Crippen molar-refractivity contribution in [2.45, 2.75) is 27.1 Å². The molecule has 214 valence electrons. The number of nitrogens with zero attached hydrogens (tertiary/aromatic N) is 1. The van der Waals surface area contributed by atoms with Crippen LogP contribution in [0.4, 0.5) is 5.69 Å². The molecule has 0 saturated heterocycles. The Labute approximate surface area is 250 Å². The summed E-state index contributed by atoms with van der Waals surface area (Å²) >= 11 is 6.57. The number of benzene rings is 4. The number of nitrogens with one attached hydrogen (secondary N) is 1. The molecule has 0 aliphatic carbocycles. The van der Waals surface area contributed by atoms with Gasteiger partial charge in [0, 0.05) is 5.69 Å². The lowest BCUT2D eigenvalue weighted by molar-refractivity contribution is -0.112. The summed E-state index contributed by atoms with van der Waals surface area (Å²) in [6, 6.07) is 28.0. The minimum atomic E-state index is -0.530. The summed E-state index contributed by atoms with van der Waals surface area (Å²) in [6.45, 7) is 4.95. The molecule has 4 aromatic carbocycles. The van der Waals surface area contributed by atoms with E-state index in [1.165, 1.54) is 13.2 Å². The van der Waals surface area contributed by atoms with E-state index in [0.29, 0.717) is 47.5 Å². The fourth-order valence-corrected chi connectivity index (χ4v) is 4.31. The molecule has 1 N–H and O–H groups in total. The van der Waals surface area contributed by atoms with Crippen molar-refractivity contribution in [2.75, 3.05) is 19.0 Å². The van der Waals surface area contributed by atoms with Gasteiger partial charge < -0.3 is 24.3 Å². The zero-order valence-corrected chi connectivity index (χ0v) is 24.4. The highest BCUT2D eigenvalue weighted by molar-refractivity contribution is 6.32. The molecule has 0 spiro atoms. The third-order valence-electron chi connectivity index (χ3n) is 6.17. The molecule has 4 rings (SSSR count). The smallest absolute Gasteiger partial charge is 0.266 e. The van der Waals surface area contributed by atoms with E-state index in [9.17, 15) is 10.1 Å². The van der Waals surface area contributed by atoms with Crippen molar-refractivity contribution < 1.29 is 23.7 Å². The first-order chi connectivity index (χ1) is 20.4. The van der Waals surface area contributed by atoms with E-state index < -0.39 is 5.91 Å². The number of hydrogen-bond donors (Lipinski definition) is 1. The first kappa shape index (κ1) is 30.0. The molecular weight excluding hydrogens is 552 g/mol. The van der Waals surface area contributed by atoms with Crippen molar-refractivity contribution in [3.05, 3.63) is 118 Å². The molecule has 0 saturated carbocycles. The number of amides is 1. The van der Waals surface area contributed by atoms with Crippen LogP contribution in [0.15, 0.2) is 90.5 Å². The Balaban J connectivity index is 1.48. The first-order valence-electron chi connectivity index (χ1n) is 13.3. The zero-order valence-electron chi connectivity index (χ0n) is 23.6. The van der Waals surface area contributed by atoms with Gasteiger partial charge in [0.15, 0.2) is 23.0 Å². The van der Waals surface area contributed by atoms with Crippen molar-refractivity contribution in [3.63, 3.8) is 0 Å². The fraction of sp³-hybridized carbons (Fsp3) is 0.176. The van der Waals surface area contributed by atoms with E-state index in [1.807, 2.05) is 80.6 Å². The van der Waals surface area contributed by atoms with Crippen LogP contribution in [0.25, 0.3) is 6.08 Å². The maximum Gasteiger partial charge on any atom is 0.266 e. The van der Waals surface area contributed by atoms with Crippen molar-refractivity contribution in [3.8, 4) is 29.1 Å². The second-order valence-corrected chi connectivity index (χ2v) is 9.71. The lowest BCUT2D eigenvalue weighted by Gasteiger charge is -2.16. The first-order valence-corrected chi connectivity index (χ1v) is 13.7. The van der Waals surface area contributed by atoms with Crippen LogP contribution in [0, 0.1) is 18.3 Å². The number of rotatable bonds is 12. The van der Waals surface area contributed by atoms with E-state index >= 15 is 0 Å². The minimum Gasteiger partial charge on any atom is -0.493 e. The summed E-state index contributed by atoms with van der Waals surface area (Å²) in [4.78, 5) is 12.7. The average Bonchev–Trinajstić information content (AvgIpc) is 3.00. The van der Waals surface area contributed by atoms with E-state index in [1.54, 1.807) is 24.3 Å². The Morgan fingerprint density at radius 3 is 2.31 bits per heavy atom. The number of aryl methyl sites for hydroxylation is 1. The van der Waals surface area contributed by atoms with Crippen LogP contribution in [-0.2, 0) is 18.0 Å². The molecule has 4 aromatic rings. The van der Waals surface area contributed by atoms with Crippen molar-refractivity contribution in [1.82, 2.24) is 0 Å². The highest BCUT2D eigenvalue weighted by Crippen LogP contribution is 2.38. The standard InChI is InChI=1S/C34H31ClN2O5/c1-4-40-31-18-25(12-15-30(31)41-21-24-8-6-5-7-9-24)22-42-33-29(35)17-26(19-32(33)39-3)16-27(20-36)34(38)37-28-13-10-23(2)11-14-28/h5-19H,4,21-22H2,1-3H3,(H,37,38)/b27-16-. The fourth-order valence-electron chi connectivity index (χ4n) is 4.03. The van der Waals surface area contributed by atoms with Gasteiger partial charge in [-0.3, -0.25) is 4.79 Å². The number of anilines is 1. The SMILES string of the molecule is CCOc1cc(COc2c(Cl)cc(/C=C(/C#N)C(=O)Nc3ccc(C)cc3)cc2OC)ccc1OCc1ccccc1. The van der Waals surface area contributed by atoms with Gasteiger partial charge in [-0.2, -0.15) is 5.26 Å². The normalized spacial score (nSPS) is 10.9. The summed E-state index contributed by atoms with van der Waals surface area (Å²) in [5, 5.41) is 12.6. The van der Waals surface area contributed by atoms with Crippen LogP contribution in [-0.4, -0.2) is 19.6 Å². The van der Waals surface area contributed by atoms with Gasteiger partial charge in [-0.1, -0.05) is 65.7 Å². The summed E-state index contributed by atoms with van der Waals surface area (Å²) in [7, 11) is 1.49. The number of carbonyl (C=O) groups excluding carboxylic acids is 1. The van der Waals surface area contributed by atoms with Gasteiger partial charge in [0.1, 0.15) is 24.9 Å². The Kier molecular flexibility index (Phi) is 10.5. The molecule has 0 aliphatic heterocycles. The molecule has 7 nitrogen and oxygen atoms in total. The van der Waals surface area contributed by atoms with Crippen molar-refractivity contribution >= 4 is 29.3 Å². The molecule has 1 amide bonds. The average molecular weight is 583 g/mol. The highest BCUT2D eigenvalue weighted by atomic mass is 35.5. The van der Waals surface area contributed by atoms with E-state index in [4.69, 9.17) is 30.5 Å². The van der Waals surface area contributed by atoms with Crippen LogP contribution >= 0.6 is 11.6 Å². The van der Waals surface area contributed by atoms with Gasteiger partial charge in [-0.05, 0) is 73.0 Å². The van der Waals surface area contributed by atoms with Gasteiger partial charge in [0.25, 0.3) is 5.91 Å². The Bertz CT molecular complexity index is 1600. The van der Waals surface area contributed by atoms with E-state index in [2.05, 4.69) is 5.32 Å². The predicted molar refractivity (Wildman–Crippen MR) is 164 cm³/mol. The second-order valence-electron chi connectivity index (χ2n) is 9.30. The van der Waals surface area contributed by atoms with Crippen LogP contribution in [0.2, 0.25) is 5.02 Å². The molecular formula is C34H31ClN2O5. The molecule has 0 radical (unpaired) electrons. The van der Waals surface area contributed by atoms with Gasteiger partial charge in [-0.25, -0.2) is 0 Å². The highest BCUT2D eigenvalue weighted by Gasteiger charge is 2.15. The summed E-state index contributed by atoms with van der Waals surface area (Å²) < 4.78 is 23.4. The number of halogens is 1. The van der Waals surface area contributed by atoms with Crippen LogP contribution in [0.3, 0.4) is 0 Å². The Morgan fingerprint density at radius 1 is 0.881 bits per heavy atom. The topological polar surface area (TPSA) is 89.8 Å². The Morgan fingerprint density at radius 2 is 1.62 bits per heavy atom. The molecule has 0 fully saturated rings. The molecule has 8 heteroatoms. The third kappa shape index (κ3) is 8.06.